The summed E-state index contributed by atoms with van der Waals surface area (Å²) in [6, 6.07) is 0. The maximum absolute atomic E-state index is 13.4. The van der Waals surface area contributed by atoms with Crippen LogP contribution in [-0.2, 0) is 32.7 Å². The second-order valence-corrected chi connectivity index (χ2v) is 10.2. The largest absolute Gasteiger partial charge is 0.292 e. The van der Waals surface area contributed by atoms with Gasteiger partial charge in [-0.2, -0.15) is 11.3 Å². The predicted octanol–water partition coefficient (Wildman–Crippen LogP) is 8.18. The van der Waals surface area contributed by atoms with Gasteiger partial charge in [0.2, 0.25) is 0 Å². The van der Waals surface area contributed by atoms with Crippen molar-refractivity contribution in [3.05, 3.63) is 41.4 Å². The van der Waals surface area contributed by atoms with Gasteiger partial charge in [-0.3, -0.25) is 11.3 Å². The minimum absolute atomic E-state index is 0. The number of fused-ring (bicyclic) bond motifs is 2. The smallest absolute Gasteiger partial charge is 0.145 e. The molecule has 0 bridgehead atoms. The first kappa shape index (κ1) is 23.3. The van der Waals surface area contributed by atoms with Crippen molar-refractivity contribution in [2.24, 2.45) is 0 Å². The third kappa shape index (κ3) is 4.25. The molecule has 0 fully saturated rings. The Kier molecular flexibility index (Phi) is 8.38. The van der Waals surface area contributed by atoms with Gasteiger partial charge in [0, 0.05) is 58.5 Å². The summed E-state index contributed by atoms with van der Waals surface area (Å²) in [5.74, 6) is -0.205. The summed E-state index contributed by atoms with van der Waals surface area (Å²) in [5, 5.41) is 4.24. The zero-order chi connectivity index (χ0) is 16.9. The van der Waals surface area contributed by atoms with Gasteiger partial charge in [0.15, 0.2) is 0 Å². The van der Waals surface area contributed by atoms with E-state index in [0.717, 1.165) is 34.8 Å². The van der Waals surface area contributed by atoms with E-state index in [1.165, 1.54) is 21.1 Å². The Morgan fingerprint density at radius 1 is 0.680 bits per heavy atom. The molecule has 0 atom stereocenters. The van der Waals surface area contributed by atoms with E-state index in [1.807, 2.05) is 27.7 Å². The van der Waals surface area contributed by atoms with Crippen molar-refractivity contribution in [2.45, 2.75) is 42.0 Å². The molecule has 0 amide bonds. The molecule has 1 radical (unpaired) electrons. The molecule has 0 N–H and O–H groups in total. The number of hydrogen-bond donors (Lipinski definition) is 0. The molecule has 7 heteroatoms. The maximum Gasteiger partial charge on any atom is 0.145 e. The monoisotopic (exact) mass is 490 g/mol. The van der Waals surface area contributed by atoms with Crippen LogP contribution in [0.15, 0.2) is 0 Å². The van der Waals surface area contributed by atoms with Crippen molar-refractivity contribution in [3.63, 3.8) is 0 Å². The van der Waals surface area contributed by atoms with Gasteiger partial charge in [-0.25, -0.2) is 8.78 Å². The second kappa shape index (κ2) is 8.98. The quantitative estimate of drug-likeness (QED) is 0.218. The fourth-order valence-electron chi connectivity index (χ4n) is 2.60. The number of thiophene rings is 4. The van der Waals surface area contributed by atoms with Crippen LogP contribution in [0.5, 0.6) is 0 Å². The first-order valence-electron chi connectivity index (χ1n) is 7.01. The average Bonchev–Trinajstić information content (AvgIpc) is 3.15. The molecule has 0 aliphatic carbocycles. The fourth-order valence-corrected chi connectivity index (χ4v) is 6.89. The molecule has 133 valence electrons. The molecule has 0 unspecified atom stereocenters. The van der Waals surface area contributed by atoms with E-state index >= 15 is 0 Å². The Morgan fingerprint density at radius 3 is 1.72 bits per heavy atom. The first-order chi connectivity index (χ1) is 10.8. The molecule has 0 saturated heterocycles. The molecule has 0 aliphatic heterocycles. The zero-order valence-electron chi connectivity index (χ0n) is 14.0. The first-order valence-corrected chi connectivity index (χ1v) is 10.3. The Labute approximate surface area is 188 Å². The van der Waals surface area contributed by atoms with Crippen molar-refractivity contribution in [2.75, 3.05) is 0 Å². The van der Waals surface area contributed by atoms with E-state index in [2.05, 4.69) is 12.3 Å². The Hall–Kier alpha value is 0.284. The summed E-state index contributed by atoms with van der Waals surface area (Å²) in [5.41, 5.74) is 0. The van der Waals surface area contributed by atoms with Gasteiger partial charge in [-0.15, -0.1) is 32.8 Å². The van der Waals surface area contributed by atoms with E-state index in [4.69, 9.17) is 0 Å². The number of aryl methyl sites for hydroxylation is 5. The van der Waals surface area contributed by atoms with Crippen molar-refractivity contribution in [1.29, 1.82) is 0 Å². The molecule has 4 aromatic heterocycles. The molecular formula is C18H19F2S4Y-. The molecule has 0 nitrogen and oxygen atoms in total. The molecule has 4 rings (SSSR count). The van der Waals surface area contributed by atoms with Crippen LogP contribution in [0.4, 0.5) is 8.78 Å². The van der Waals surface area contributed by atoms with Gasteiger partial charge in [0.25, 0.3) is 0 Å². The molecular weight excluding hydrogens is 471 g/mol. The summed E-state index contributed by atoms with van der Waals surface area (Å²) < 4.78 is 28.6. The van der Waals surface area contributed by atoms with Gasteiger partial charge < -0.3 is 0 Å². The van der Waals surface area contributed by atoms with Crippen molar-refractivity contribution >= 4 is 65.5 Å². The van der Waals surface area contributed by atoms with Crippen molar-refractivity contribution in [3.8, 4) is 0 Å². The van der Waals surface area contributed by atoms with Crippen LogP contribution in [0.25, 0.3) is 20.2 Å². The van der Waals surface area contributed by atoms with E-state index in [1.54, 1.807) is 34.0 Å². The number of hydrogen-bond acceptors (Lipinski definition) is 4. The summed E-state index contributed by atoms with van der Waals surface area (Å²) in [7, 11) is 0. The van der Waals surface area contributed by atoms with Gasteiger partial charge >= 0.3 is 0 Å². The third-order valence-electron chi connectivity index (χ3n) is 3.66. The topological polar surface area (TPSA) is 0 Å². The molecule has 0 aliphatic rings. The van der Waals surface area contributed by atoms with Gasteiger partial charge in [0.05, 0.1) is 4.70 Å². The third-order valence-corrected chi connectivity index (χ3v) is 8.15. The van der Waals surface area contributed by atoms with Gasteiger partial charge in [-0.05, 0) is 39.5 Å². The SMILES string of the molecule is C.Cc1sc(C)c2c(F)[c-]sc12.Cc1sc2c(C)sc(C)c2c1F.[Y]. The minimum atomic E-state index is -0.188. The van der Waals surface area contributed by atoms with Crippen LogP contribution in [0.1, 0.15) is 31.8 Å². The zero-order valence-corrected chi connectivity index (χ0v) is 20.1. The predicted molar refractivity (Wildman–Crippen MR) is 109 cm³/mol. The number of halogens is 2. The van der Waals surface area contributed by atoms with Crippen molar-refractivity contribution in [1.82, 2.24) is 0 Å². The average molecular weight is 491 g/mol. The Balaban J connectivity index is 0.000000232. The molecule has 25 heavy (non-hydrogen) atoms. The van der Waals surface area contributed by atoms with E-state index in [0.29, 0.717) is 0 Å². The normalized spacial score (nSPS) is 10.4. The van der Waals surface area contributed by atoms with Crippen LogP contribution in [0, 0.1) is 51.6 Å². The van der Waals surface area contributed by atoms with Gasteiger partial charge in [0.1, 0.15) is 5.82 Å². The standard InChI is InChI=1S/C9H9FS2.C8H6FS2.CH4.Y/c1-4-7-8(10)5(2)12-9(7)6(3)11-4;1-4-7-6(9)3-10-8(7)5(2)11-4;;/h1-3H3;1-2H3;1H4;/q;-1;;. The minimum Gasteiger partial charge on any atom is -0.292 e. The van der Waals surface area contributed by atoms with Crippen LogP contribution >= 0.6 is 45.3 Å². The fraction of sp³-hybridized carbons (Fsp3) is 0.333. The van der Waals surface area contributed by atoms with Crippen LogP contribution in [0.2, 0.25) is 0 Å². The molecule has 0 spiro atoms. The van der Waals surface area contributed by atoms with E-state index in [-0.39, 0.29) is 51.8 Å². The summed E-state index contributed by atoms with van der Waals surface area (Å²) in [6.07, 6.45) is 0. The maximum atomic E-state index is 13.4. The Bertz CT molecular complexity index is 1000. The summed E-state index contributed by atoms with van der Waals surface area (Å²) in [6.45, 7) is 9.83. The van der Waals surface area contributed by atoms with Crippen molar-refractivity contribution < 1.29 is 41.5 Å². The second-order valence-electron chi connectivity index (χ2n) is 5.33. The van der Waals surface area contributed by atoms with E-state index in [9.17, 15) is 8.78 Å². The van der Waals surface area contributed by atoms with Crippen LogP contribution in [-0.4, -0.2) is 0 Å². The van der Waals surface area contributed by atoms with Gasteiger partial charge in [-0.1, -0.05) is 17.7 Å². The number of rotatable bonds is 0. The Morgan fingerprint density at radius 2 is 1.20 bits per heavy atom. The summed E-state index contributed by atoms with van der Waals surface area (Å²) in [4.78, 5) is 5.40. The molecule has 0 saturated carbocycles. The molecule has 4 aromatic rings. The molecule has 0 aromatic carbocycles. The summed E-state index contributed by atoms with van der Waals surface area (Å²) >= 11 is 6.27. The molecule has 4 heterocycles. The van der Waals surface area contributed by atoms with Crippen LogP contribution in [0.3, 0.4) is 0 Å². The van der Waals surface area contributed by atoms with Crippen LogP contribution < -0.4 is 0 Å². The van der Waals surface area contributed by atoms with E-state index < -0.39 is 0 Å².